The molecular formula is C17H13N3O5. The zero-order chi connectivity index (χ0) is 17.8. The number of hydrogen-bond acceptors (Lipinski definition) is 5. The molecule has 2 N–H and O–H groups in total. The third kappa shape index (κ3) is 3.81. The number of para-hydroxylation sites is 1. The highest BCUT2D eigenvalue weighted by atomic mass is 16.6. The molecule has 25 heavy (non-hydrogen) atoms. The maximum absolute atomic E-state index is 12.0. The molecule has 2 aromatic carbocycles. The number of hydrogen-bond donors (Lipinski definition) is 2. The van der Waals surface area contributed by atoms with Crippen molar-refractivity contribution in [2.45, 2.75) is 0 Å². The first-order valence-corrected chi connectivity index (χ1v) is 7.32. The van der Waals surface area contributed by atoms with Crippen LogP contribution in [0.3, 0.4) is 0 Å². The van der Waals surface area contributed by atoms with Gasteiger partial charge in [0.1, 0.15) is 5.75 Å². The van der Waals surface area contributed by atoms with E-state index in [4.69, 9.17) is 4.74 Å². The van der Waals surface area contributed by atoms with Crippen LogP contribution in [0, 0.1) is 10.1 Å². The quantitative estimate of drug-likeness (QED) is 0.505. The molecule has 8 heteroatoms. The number of anilines is 2. The summed E-state index contributed by atoms with van der Waals surface area (Å²) in [4.78, 5) is 33.8. The first-order chi connectivity index (χ1) is 12.0. The Hall–Kier alpha value is -3.68. The van der Waals surface area contributed by atoms with Crippen LogP contribution in [-0.2, 0) is 9.59 Å². The van der Waals surface area contributed by atoms with E-state index in [1.54, 1.807) is 36.4 Å². The highest BCUT2D eigenvalue weighted by Crippen LogP contribution is 2.30. The van der Waals surface area contributed by atoms with Gasteiger partial charge in [0.15, 0.2) is 6.61 Å². The Morgan fingerprint density at radius 3 is 2.88 bits per heavy atom. The lowest BCUT2D eigenvalue weighted by molar-refractivity contribution is -0.385. The van der Waals surface area contributed by atoms with Crippen LogP contribution in [0.5, 0.6) is 5.75 Å². The molecule has 0 fully saturated rings. The van der Waals surface area contributed by atoms with Gasteiger partial charge in [0, 0.05) is 17.8 Å². The molecule has 0 bridgehead atoms. The lowest BCUT2D eigenvalue weighted by Crippen LogP contribution is -2.25. The molecule has 2 aromatic rings. The van der Waals surface area contributed by atoms with E-state index in [1.807, 2.05) is 0 Å². The molecule has 1 aliphatic rings. The number of nitro groups is 1. The molecule has 0 aliphatic carbocycles. The molecule has 3 rings (SSSR count). The molecule has 0 saturated heterocycles. The number of fused-ring (bicyclic) bond motifs is 1. The van der Waals surface area contributed by atoms with Crippen LogP contribution in [-0.4, -0.2) is 23.3 Å². The first-order valence-electron chi connectivity index (χ1n) is 7.32. The summed E-state index contributed by atoms with van der Waals surface area (Å²) in [6.07, 6.45) is 2.58. The summed E-state index contributed by atoms with van der Waals surface area (Å²) in [5.41, 5.74) is 1.17. The number of nitro benzene ring substituents is 1. The highest BCUT2D eigenvalue weighted by molar-refractivity contribution is 6.03. The van der Waals surface area contributed by atoms with Gasteiger partial charge in [-0.15, -0.1) is 0 Å². The minimum atomic E-state index is -0.510. The van der Waals surface area contributed by atoms with Gasteiger partial charge in [-0.2, -0.15) is 0 Å². The topological polar surface area (TPSA) is 111 Å². The summed E-state index contributed by atoms with van der Waals surface area (Å²) < 4.78 is 5.23. The van der Waals surface area contributed by atoms with Crippen LogP contribution in [0.15, 0.2) is 48.5 Å². The lowest BCUT2D eigenvalue weighted by Gasteiger charge is -2.18. The minimum absolute atomic E-state index is 0.0443. The Bertz CT molecular complexity index is 892. The number of amides is 2. The molecule has 1 aliphatic heterocycles. The Morgan fingerprint density at radius 2 is 2.08 bits per heavy atom. The van der Waals surface area contributed by atoms with Gasteiger partial charge in [0.2, 0.25) is 5.91 Å². The summed E-state index contributed by atoms with van der Waals surface area (Å²) >= 11 is 0. The molecule has 0 atom stereocenters. The van der Waals surface area contributed by atoms with Crippen LogP contribution < -0.4 is 15.4 Å². The standard InChI is InChI=1S/C17H13N3O5/c21-16(8-5-11-3-1-2-4-14(11)20(23)24)18-12-6-7-15-13(9-12)19-17(22)10-25-15/h1-9H,10H2,(H,18,21)(H,19,22)/b8-5+. The van der Waals surface area contributed by atoms with E-state index in [0.29, 0.717) is 22.7 Å². The zero-order valence-corrected chi connectivity index (χ0v) is 12.9. The second-order valence-electron chi connectivity index (χ2n) is 5.19. The summed E-state index contributed by atoms with van der Waals surface area (Å²) in [5, 5.41) is 16.2. The van der Waals surface area contributed by atoms with Crippen LogP contribution in [0.25, 0.3) is 6.08 Å². The van der Waals surface area contributed by atoms with E-state index >= 15 is 0 Å². The molecule has 0 spiro atoms. The number of ether oxygens (including phenoxy) is 1. The fraction of sp³-hybridized carbons (Fsp3) is 0.0588. The van der Waals surface area contributed by atoms with Crippen molar-refractivity contribution in [3.05, 3.63) is 64.2 Å². The van der Waals surface area contributed by atoms with Crippen LogP contribution in [0.4, 0.5) is 17.1 Å². The molecule has 0 radical (unpaired) electrons. The second kappa shape index (κ2) is 6.83. The van der Waals surface area contributed by atoms with Gasteiger partial charge in [-0.1, -0.05) is 12.1 Å². The lowest BCUT2D eigenvalue weighted by atomic mass is 10.1. The minimum Gasteiger partial charge on any atom is -0.482 e. The van der Waals surface area contributed by atoms with Crippen molar-refractivity contribution in [3.63, 3.8) is 0 Å². The average molecular weight is 339 g/mol. The van der Waals surface area contributed by atoms with E-state index in [2.05, 4.69) is 10.6 Å². The fourth-order valence-corrected chi connectivity index (χ4v) is 2.31. The molecule has 8 nitrogen and oxygen atoms in total. The smallest absolute Gasteiger partial charge is 0.276 e. The Kier molecular flexibility index (Phi) is 4.42. The monoisotopic (exact) mass is 339 g/mol. The Balaban J connectivity index is 1.72. The molecule has 2 amide bonds. The molecule has 126 valence electrons. The van der Waals surface area contributed by atoms with E-state index < -0.39 is 10.8 Å². The van der Waals surface area contributed by atoms with Crippen molar-refractivity contribution >= 4 is 35.0 Å². The SMILES string of the molecule is O=C(/C=C/c1ccccc1[N+](=O)[O-])Nc1ccc2c(c1)NC(=O)CO2. The zero-order valence-electron chi connectivity index (χ0n) is 12.9. The molecule has 0 aromatic heterocycles. The van der Waals surface area contributed by atoms with Gasteiger partial charge in [-0.05, 0) is 30.3 Å². The number of nitrogens with zero attached hydrogens (tertiary/aromatic N) is 1. The van der Waals surface area contributed by atoms with Gasteiger partial charge in [-0.25, -0.2) is 0 Å². The average Bonchev–Trinajstić information content (AvgIpc) is 2.59. The number of rotatable bonds is 4. The van der Waals surface area contributed by atoms with Crippen molar-refractivity contribution in [3.8, 4) is 5.75 Å². The Labute approximate surface area is 142 Å². The molecular weight excluding hydrogens is 326 g/mol. The van der Waals surface area contributed by atoms with Gasteiger partial charge in [-0.3, -0.25) is 19.7 Å². The second-order valence-corrected chi connectivity index (χ2v) is 5.19. The van der Waals surface area contributed by atoms with E-state index in [1.165, 1.54) is 18.2 Å². The van der Waals surface area contributed by atoms with Crippen molar-refractivity contribution in [1.82, 2.24) is 0 Å². The summed E-state index contributed by atoms with van der Waals surface area (Å²) in [6, 6.07) is 11.0. The fourth-order valence-electron chi connectivity index (χ4n) is 2.31. The van der Waals surface area contributed by atoms with Gasteiger partial charge < -0.3 is 15.4 Å². The normalized spacial score (nSPS) is 12.9. The van der Waals surface area contributed by atoms with E-state index in [0.717, 1.165) is 0 Å². The predicted octanol–water partition coefficient (Wildman–Crippen LogP) is 2.58. The van der Waals surface area contributed by atoms with Crippen LogP contribution in [0.1, 0.15) is 5.56 Å². The predicted molar refractivity (Wildman–Crippen MR) is 91.3 cm³/mol. The van der Waals surface area contributed by atoms with Crippen molar-refractivity contribution < 1.29 is 19.2 Å². The third-order valence-electron chi connectivity index (χ3n) is 3.43. The summed E-state index contributed by atoms with van der Waals surface area (Å²) in [6.45, 7) is -0.0443. The number of carbonyl (C=O) groups is 2. The maximum atomic E-state index is 12.0. The van der Waals surface area contributed by atoms with Crippen molar-refractivity contribution in [2.24, 2.45) is 0 Å². The van der Waals surface area contributed by atoms with Crippen molar-refractivity contribution in [2.75, 3.05) is 17.2 Å². The number of benzene rings is 2. The first kappa shape index (κ1) is 16.2. The third-order valence-corrected chi connectivity index (χ3v) is 3.43. The summed E-state index contributed by atoms with van der Waals surface area (Å²) in [5.74, 6) is -0.207. The van der Waals surface area contributed by atoms with Gasteiger partial charge in [0.05, 0.1) is 16.2 Å². The van der Waals surface area contributed by atoms with Crippen LogP contribution >= 0.6 is 0 Å². The van der Waals surface area contributed by atoms with Crippen LogP contribution in [0.2, 0.25) is 0 Å². The van der Waals surface area contributed by atoms with Crippen molar-refractivity contribution in [1.29, 1.82) is 0 Å². The van der Waals surface area contributed by atoms with Gasteiger partial charge in [0.25, 0.3) is 11.6 Å². The maximum Gasteiger partial charge on any atom is 0.276 e. The molecule has 0 saturated carbocycles. The molecule has 0 unspecified atom stereocenters. The largest absolute Gasteiger partial charge is 0.482 e. The number of nitrogens with one attached hydrogen (secondary N) is 2. The summed E-state index contributed by atoms with van der Waals surface area (Å²) in [7, 11) is 0. The molecule has 1 heterocycles. The van der Waals surface area contributed by atoms with Gasteiger partial charge >= 0.3 is 0 Å². The Morgan fingerprint density at radius 1 is 1.28 bits per heavy atom. The van der Waals surface area contributed by atoms with E-state index in [9.17, 15) is 19.7 Å². The van der Waals surface area contributed by atoms with E-state index in [-0.39, 0.29) is 18.2 Å². The number of carbonyl (C=O) groups excluding carboxylic acids is 2. The highest BCUT2D eigenvalue weighted by Gasteiger charge is 2.16.